The van der Waals surface area contributed by atoms with Crippen molar-refractivity contribution >= 4 is 17.5 Å². The van der Waals surface area contributed by atoms with E-state index in [2.05, 4.69) is 5.32 Å². The van der Waals surface area contributed by atoms with Crippen molar-refractivity contribution in [2.75, 3.05) is 31.6 Å². The maximum atomic E-state index is 12.0. The Morgan fingerprint density at radius 3 is 1.95 bits per heavy atom. The highest BCUT2D eigenvalue weighted by Crippen LogP contribution is 2.21. The second-order valence-corrected chi connectivity index (χ2v) is 4.97. The van der Waals surface area contributed by atoms with E-state index < -0.39 is 11.8 Å². The zero-order valence-electron chi connectivity index (χ0n) is 12.6. The number of carbonyl (C=O) groups excluding carboxylic acids is 2. The molecule has 1 aromatic rings. The number of carbonyl (C=O) groups is 2. The van der Waals surface area contributed by atoms with Crippen molar-refractivity contribution in [1.82, 2.24) is 4.90 Å². The summed E-state index contributed by atoms with van der Waals surface area (Å²) in [5, 5.41) is 20.4. The first-order valence-electron chi connectivity index (χ1n) is 6.80. The molecule has 0 atom stereocenters. The fraction of sp³-hybridized carbons (Fsp3) is 0.467. The van der Waals surface area contributed by atoms with Crippen molar-refractivity contribution in [3.05, 3.63) is 28.8 Å². The third kappa shape index (κ3) is 4.54. The van der Waals surface area contributed by atoms with Crippen LogP contribution in [0, 0.1) is 20.8 Å². The lowest BCUT2D eigenvalue weighted by Gasteiger charge is -2.20. The number of aryl methyl sites for hydroxylation is 3. The van der Waals surface area contributed by atoms with Gasteiger partial charge in [0.2, 0.25) is 0 Å². The highest BCUT2D eigenvalue weighted by Gasteiger charge is 2.22. The molecule has 21 heavy (non-hydrogen) atoms. The van der Waals surface area contributed by atoms with Crippen LogP contribution in [0.4, 0.5) is 5.69 Å². The van der Waals surface area contributed by atoms with E-state index in [9.17, 15) is 9.59 Å². The van der Waals surface area contributed by atoms with Gasteiger partial charge in [-0.1, -0.05) is 17.7 Å². The van der Waals surface area contributed by atoms with Crippen LogP contribution in [0.25, 0.3) is 0 Å². The van der Waals surface area contributed by atoms with Crippen molar-refractivity contribution in [2.24, 2.45) is 0 Å². The maximum Gasteiger partial charge on any atom is 0.313 e. The monoisotopic (exact) mass is 294 g/mol. The van der Waals surface area contributed by atoms with E-state index in [-0.39, 0.29) is 26.3 Å². The van der Waals surface area contributed by atoms with Gasteiger partial charge in [-0.3, -0.25) is 9.59 Å². The van der Waals surface area contributed by atoms with Crippen molar-refractivity contribution in [2.45, 2.75) is 20.8 Å². The molecule has 1 rings (SSSR count). The largest absolute Gasteiger partial charge is 0.395 e. The van der Waals surface area contributed by atoms with Gasteiger partial charge in [-0.15, -0.1) is 0 Å². The summed E-state index contributed by atoms with van der Waals surface area (Å²) in [7, 11) is 0. The molecule has 0 aromatic heterocycles. The molecular formula is C15H22N2O4. The summed E-state index contributed by atoms with van der Waals surface area (Å²) < 4.78 is 0. The fourth-order valence-electron chi connectivity index (χ4n) is 2.24. The standard InChI is InChI=1S/C15H22N2O4/c1-10-8-11(2)13(12(3)9-10)16-14(20)15(21)17(4-6-18)5-7-19/h8-9,18-19H,4-7H2,1-3H3,(H,16,20). The highest BCUT2D eigenvalue weighted by atomic mass is 16.3. The topological polar surface area (TPSA) is 89.9 Å². The van der Waals surface area contributed by atoms with Crippen LogP contribution in [0.5, 0.6) is 0 Å². The summed E-state index contributed by atoms with van der Waals surface area (Å²) in [6, 6.07) is 3.85. The Kier molecular flexibility index (Phi) is 6.33. The average Bonchev–Trinajstić information content (AvgIpc) is 2.41. The molecule has 1 aromatic carbocycles. The number of aliphatic hydroxyl groups excluding tert-OH is 2. The normalized spacial score (nSPS) is 10.3. The molecule has 6 nitrogen and oxygen atoms in total. The van der Waals surface area contributed by atoms with Crippen LogP contribution < -0.4 is 5.32 Å². The van der Waals surface area contributed by atoms with E-state index in [0.717, 1.165) is 21.6 Å². The number of benzene rings is 1. The van der Waals surface area contributed by atoms with Crippen LogP contribution in [0.15, 0.2) is 12.1 Å². The first-order chi connectivity index (χ1) is 9.90. The van der Waals surface area contributed by atoms with Crippen molar-refractivity contribution in [1.29, 1.82) is 0 Å². The minimum absolute atomic E-state index is 0.0126. The van der Waals surface area contributed by atoms with Gasteiger partial charge in [-0.25, -0.2) is 0 Å². The average molecular weight is 294 g/mol. The van der Waals surface area contributed by atoms with E-state index in [1.807, 2.05) is 32.9 Å². The second kappa shape index (κ2) is 7.75. The third-order valence-electron chi connectivity index (χ3n) is 3.14. The molecular weight excluding hydrogens is 272 g/mol. The quantitative estimate of drug-likeness (QED) is 0.684. The number of nitrogens with zero attached hydrogens (tertiary/aromatic N) is 1. The van der Waals surface area contributed by atoms with Gasteiger partial charge in [0.05, 0.1) is 13.2 Å². The summed E-state index contributed by atoms with van der Waals surface area (Å²) in [6.07, 6.45) is 0. The number of aliphatic hydroxyl groups is 2. The summed E-state index contributed by atoms with van der Waals surface area (Å²) in [4.78, 5) is 25.2. The number of nitrogens with one attached hydrogen (secondary N) is 1. The van der Waals surface area contributed by atoms with E-state index in [0.29, 0.717) is 5.69 Å². The predicted molar refractivity (Wildman–Crippen MR) is 80.0 cm³/mol. The second-order valence-electron chi connectivity index (χ2n) is 4.97. The van der Waals surface area contributed by atoms with Crippen molar-refractivity contribution in [3.63, 3.8) is 0 Å². The number of hydrogen-bond donors (Lipinski definition) is 3. The van der Waals surface area contributed by atoms with Crippen LogP contribution in [-0.4, -0.2) is 53.2 Å². The van der Waals surface area contributed by atoms with Gasteiger partial charge in [0.25, 0.3) is 0 Å². The molecule has 0 saturated carbocycles. The first kappa shape index (κ1) is 17.1. The molecule has 0 bridgehead atoms. The van der Waals surface area contributed by atoms with Crippen LogP contribution in [0.3, 0.4) is 0 Å². The number of hydrogen-bond acceptors (Lipinski definition) is 4. The number of anilines is 1. The minimum Gasteiger partial charge on any atom is -0.395 e. The molecule has 6 heteroatoms. The fourth-order valence-corrected chi connectivity index (χ4v) is 2.24. The lowest BCUT2D eigenvalue weighted by Crippen LogP contribution is -2.42. The Hall–Kier alpha value is -1.92. The molecule has 0 heterocycles. The third-order valence-corrected chi connectivity index (χ3v) is 3.14. The Balaban J connectivity index is 2.87. The molecule has 3 N–H and O–H groups in total. The SMILES string of the molecule is Cc1cc(C)c(NC(=O)C(=O)N(CCO)CCO)c(C)c1. The Morgan fingerprint density at radius 1 is 1.05 bits per heavy atom. The van der Waals surface area contributed by atoms with Gasteiger partial charge in [-0.05, 0) is 31.9 Å². The first-order valence-corrected chi connectivity index (χ1v) is 6.80. The van der Waals surface area contributed by atoms with E-state index in [4.69, 9.17) is 10.2 Å². The number of rotatable bonds is 5. The molecule has 0 fully saturated rings. The van der Waals surface area contributed by atoms with Gasteiger partial charge >= 0.3 is 11.8 Å². The molecule has 0 saturated heterocycles. The highest BCUT2D eigenvalue weighted by molar-refractivity contribution is 6.39. The summed E-state index contributed by atoms with van der Waals surface area (Å²) >= 11 is 0. The molecule has 0 radical (unpaired) electrons. The van der Waals surface area contributed by atoms with Crippen molar-refractivity contribution in [3.8, 4) is 0 Å². The predicted octanol–water partition coefficient (Wildman–Crippen LogP) is 0.364. The van der Waals surface area contributed by atoms with E-state index in [1.54, 1.807) is 0 Å². The lowest BCUT2D eigenvalue weighted by atomic mass is 10.1. The Morgan fingerprint density at radius 2 is 1.52 bits per heavy atom. The minimum atomic E-state index is -0.771. The Labute approximate surface area is 124 Å². The van der Waals surface area contributed by atoms with Crippen LogP contribution in [-0.2, 0) is 9.59 Å². The van der Waals surface area contributed by atoms with Crippen LogP contribution >= 0.6 is 0 Å². The zero-order valence-corrected chi connectivity index (χ0v) is 12.6. The van der Waals surface area contributed by atoms with Gasteiger partial charge in [0.15, 0.2) is 0 Å². The molecule has 0 spiro atoms. The molecule has 0 aliphatic carbocycles. The molecule has 2 amide bonds. The summed E-state index contributed by atoms with van der Waals surface area (Å²) in [5.74, 6) is -1.54. The lowest BCUT2D eigenvalue weighted by molar-refractivity contribution is -0.143. The van der Waals surface area contributed by atoms with Crippen LogP contribution in [0.1, 0.15) is 16.7 Å². The van der Waals surface area contributed by atoms with Crippen molar-refractivity contribution < 1.29 is 19.8 Å². The van der Waals surface area contributed by atoms with Gasteiger partial charge < -0.3 is 20.4 Å². The molecule has 0 aliphatic heterocycles. The Bertz CT molecular complexity index is 499. The zero-order chi connectivity index (χ0) is 16.0. The smallest absolute Gasteiger partial charge is 0.313 e. The van der Waals surface area contributed by atoms with Gasteiger partial charge in [0.1, 0.15) is 0 Å². The molecule has 0 unspecified atom stereocenters. The van der Waals surface area contributed by atoms with Gasteiger partial charge in [-0.2, -0.15) is 0 Å². The molecule has 0 aliphatic rings. The van der Waals surface area contributed by atoms with E-state index in [1.165, 1.54) is 0 Å². The maximum absolute atomic E-state index is 12.0. The summed E-state index contributed by atoms with van der Waals surface area (Å²) in [5.41, 5.74) is 3.46. The van der Waals surface area contributed by atoms with E-state index >= 15 is 0 Å². The summed E-state index contributed by atoms with van der Waals surface area (Å²) in [6.45, 7) is 5.18. The molecule has 116 valence electrons. The van der Waals surface area contributed by atoms with Crippen LogP contribution in [0.2, 0.25) is 0 Å². The number of amides is 2. The van der Waals surface area contributed by atoms with Gasteiger partial charge in [0, 0.05) is 18.8 Å².